The van der Waals surface area contributed by atoms with Gasteiger partial charge in [-0.15, -0.1) is 0 Å². The van der Waals surface area contributed by atoms with Gasteiger partial charge < -0.3 is 10.4 Å². The molecule has 0 aliphatic carbocycles. The number of benzene rings is 3. The number of hydrogen-bond acceptors (Lipinski definition) is 4. The Kier molecular flexibility index (Phi) is 6.40. The number of aromatic hydroxyl groups is 1. The van der Waals surface area contributed by atoms with Crippen LogP contribution in [-0.4, -0.2) is 21.0 Å². The van der Waals surface area contributed by atoms with Crippen LogP contribution in [-0.2, 0) is 17.6 Å². The fourth-order valence-corrected chi connectivity index (χ4v) is 3.47. The highest BCUT2D eigenvalue weighted by Crippen LogP contribution is 2.26. The van der Waals surface area contributed by atoms with Crippen LogP contribution in [0.25, 0.3) is 11.3 Å². The van der Waals surface area contributed by atoms with E-state index in [9.17, 15) is 18.7 Å². The van der Waals surface area contributed by atoms with Gasteiger partial charge in [0, 0.05) is 12.0 Å². The van der Waals surface area contributed by atoms with E-state index in [4.69, 9.17) is 4.98 Å². The largest absolute Gasteiger partial charge is 0.508 e. The van der Waals surface area contributed by atoms with Crippen LogP contribution in [0.4, 0.5) is 14.6 Å². The Bertz CT molecular complexity index is 1290. The predicted octanol–water partition coefficient (Wildman–Crippen LogP) is 5.21. The molecule has 3 aromatic carbocycles. The molecule has 0 saturated heterocycles. The second-order valence-corrected chi connectivity index (χ2v) is 7.64. The second-order valence-electron chi connectivity index (χ2n) is 7.64. The lowest BCUT2D eigenvalue weighted by molar-refractivity contribution is -0.115. The number of carbonyl (C=O) groups is 1. The summed E-state index contributed by atoms with van der Waals surface area (Å²) in [5.74, 6) is -1.92. The Balaban J connectivity index is 1.66. The van der Waals surface area contributed by atoms with E-state index in [0.29, 0.717) is 34.9 Å². The Labute approximate surface area is 189 Å². The minimum Gasteiger partial charge on any atom is -0.508 e. The summed E-state index contributed by atoms with van der Waals surface area (Å²) in [5, 5.41) is 12.4. The summed E-state index contributed by atoms with van der Waals surface area (Å²) in [6.07, 6.45) is 0.294. The number of phenolic OH excluding ortho intramolecular Hbond substituents is 1. The molecule has 0 fully saturated rings. The summed E-state index contributed by atoms with van der Waals surface area (Å²) < 4.78 is 26.7. The van der Waals surface area contributed by atoms with E-state index < -0.39 is 17.5 Å². The van der Waals surface area contributed by atoms with Crippen LogP contribution in [0.1, 0.15) is 22.5 Å². The Morgan fingerprint density at radius 1 is 0.909 bits per heavy atom. The lowest BCUT2D eigenvalue weighted by atomic mass is 10.1. The molecule has 5 nitrogen and oxygen atoms in total. The molecule has 4 aromatic rings. The number of hydrogen-bond donors (Lipinski definition) is 2. The molecule has 0 unspecified atom stereocenters. The lowest BCUT2D eigenvalue weighted by Gasteiger charge is -2.14. The molecule has 1 amide bonds. The lowest BCUT2D eigenvalue weighted by Crippen LogP contribution is -2.18. The molecule has 4 rings (SSSR count). The van der Waals surface area contributed by atoms with Crippen molar-refractivity contribution in [2.24, 2.45) is 0 Å². The first-order valence-electron chi connectivity index (χ1n) is 10.3. The monoisotopic (exact) mass is 445 g/mol. The fraction of sp³-hybridized carbons (Fsp3) is 0.115. The Hall–Kier alpha value is -4.13. The number of aryl methyl sites for hydroxylation is 1. The van der Waals surface area contributed by atoms with Crippen molar-refractivity contribution in [3.8, 4) is 17.0 Å². The van der Waals surface area contributed by atoms with E-state index in [1.165, 1.54) is 6.07 Å². The van der Waals surface area contributed by atoms with Gasteiger partial charge in [-0.05, 0) is 54.4 Å². The normalized spacial score (nSPS) is 10.8. The molecule has 0 saturated carbocycles. The van der Waals surface area contributed by atoms with Crippen molar-refractivity contribution >= 4 is 11.7 Å². The van der Waals surface area contributed by atoms with Crippen LogP contribution in [0, 0.1) is 18.6 Å². The summed E-state index contributed by atoms with van der Waals surface area (Å²) in [5.41, 5.74) is 3.92. The molecule has 0 radical (unpaired) electrons. The van der Waals surface area contributed by atoms with Gasteiger partial charge in [0.05, 0.1) is 23.5 Å². The van der Waals surface area contributed by atoms with Gasteiger partial charge in [0.1, 0.15) is 5.75 Å². The number of carbonyl (C=O) groups excluding carboxylic acids is 1. The van der Waals surface area contributed by atoms with Crippen molar-refractivity contribution in [1.82, 2.24) is 9.97 Å². The van der Waals surface area contributed by atoms with Crippen molar-refractivity contribution in [2.45, 2.75) is 19.8 Å². The number of anilines is 1. The van der Waals surface area contributed by atoms with E-state index in [1.54, 1.807) is 31.2 Å². The fourth-order valence-electron chi connectivity index (χ4n) is 3.47. The van der Waals surface area contributed by atoms with Crippen molar-refractivity contribution in [3.05, 3.63) is 107 Å². The average Bonchev–Trinajstić information content (AvgIpc) is 2.79. The smallest absolute Gasteiger partial charge is 0.229 e. The highest BCUT2D eigenvalue weighted by molar-refractivity contribution is 5.92. The number of nitrogens with one attached hydrogen (secondary N) is 1. The topological polar surface area (TPSA) is 75.1 Å². The molecular formula is C26H21F2N3O2. The maximum atomic E-state index is 13.5. The molecule has 2 N–H and O–H groups in total. The maximum absolute atomic E-state index is 13.5. The molecule has 0 aliphatic rings. The zero-order valence-corrected chi connectivity index (χ0v) is 17.8. The Morgan fingerprint density at radius 3 is 2.33 bits per heavy atom. The number of nitrogens with zero attached hydrogens (tertiary/aromatic N) is 2. The minimum atomic E-state index is -1.00. The standard InChI is InChI=1S/C26H21F2N3O2/c1-16-25(19-8-10-20(32)11-9-19)30-23(14-17-5-3-2-4-6-17)26(29-16)31-24(33)15-18-7-12-21(27)22(28)13-18/h2-13,32H,14-15H2,1H3,(H,29,31,33). The molecular weight excluding hydrogens is 424 g/mol. The van der Waals surface area contributed by atoms with Gasteiger partial charge in [-0.3, -0.25) is 4.79 Å². The van der Waals surface area contributed by atoms with Gasteiger partial charge in [0.15, 0.2) is 17.5 Å². The number of phenols is 1. The van der Waals surface area contributed by atoms with Gasteiger partial charge in [-0.2, -0.15) is 0 Å². The molecule has 1 heterocycles. The van der Waals surface area contributed by atoms with E-state index >= 15 is 0 Å². The van der Waals surface area contributed by atoms with Crippen molar-refractivity contribution in [3.63, 3.8) is 0 Å². The average molecular weight is 445 g/mol. The SMILES string of the molecule is Cc1nc(NC(=O)Cc2ccc(F)c(F)c2)c(Cc2ccccc2)nc1-c1ccc(O)cc1. The molecule has 7 heteroatoms. The van der Waals surface area contributed by atoms with Crippen LogP contribution in [0.15, 0.2) is 72.8 Å². The number of aromatic nitrogens is 2. The van der Waals surface area contributed by atoms with E-state index in [1.807, 2.05) is 30.3 Å². The van der Waals surface area contributed by atoms with Gasteiger partial charge in [0.25, 0.3) is 0 Å². The van der Waals surface area contributed by atoms with Crippen LogP contribution >= 0.6 is 0 Å². The van der Waals surface area contributed by atoms with E-state index in [-0.39, 0.29) is 12.2 Å². The van der Waals surface area contributed by atoms with Crippen LogP contribution in [0.5, 0.6) is 5.75 Å². The molecule has 0 aliphatic heterocycles. The van der Waals surface area contributed by atoms with Crippen molar-refractivity contribution < 1.29 is 18.7 Å². The summed E-state index contributed by atoms with van der Waals surface area (Å²) >= 11 is 0. The quantitative estimate of drug-likeness (QED) is 0.427. The van der Waals surface area contributed by atoms with Gasteiger partial charge in [-0.1, -0.05) is 36.4 Å². The molecule has 166 valence electrons. The van der Waals surface area contributed by atoms with Crippen molar-refractivity contribution in [1.29, 1.82) is 0 Å². The summed E-state index contributed by atoms with van der Waals surface area (Å²) in [4.78, 5) is 22.0. The maximum Gasteiger partial charge on any atom is 0.229 e. The van der Waals surface area contributed by atoms with Crippen LogP contribution in [0.2, 0.25) is 0 Å². The summed E-state index contributed by atoms with van der Waals surface area (Å²) in [6.45, 7) is 1.78. The number of rotatable bonds is 6. The Morgan fingerprint density at radius 2 is 1.64 bits per heavy atom. The molecule has 0 atom stereocenters. The van der Waals surface area contributed by atoms with E-state index in [0.717, 1.165) is 23.3 Å². The number of halogens is 2. The first-order chi connectivity index (χ1) is 15.9. The number of amides is 1. The molecule has 0 bridgehead atoms. The van der Waals surface area contributed by atoms with Gasteiger partial charge in [0.2, 0.25) is 5.91 Å². The third kappa shape index (κ3) is 5.38. The zero-order chi connectivity index (χ0) is 23.4. The van der Waals surface area contributed by atoms with Gasteiger partial charge >= 0.3 is 0 Å². The molecule has 1 aromatic heterocycles. The molecule has 0 spiro atoms. The highest BCUT2D eigenvalue weighted by atomic mass is 19.2. The third-order valence-corrected chi connectivity index (χ3v) is 5.10. The third-order valence-electron chi connectivity index (χ3n) is 5.10. The summed E-state index contributed by atoms with van der Waals surface area (Å²) in [7, 11) is 0. The summed E-state index contributed by atoms with van der Waals surface area (Å²) in [6, 6.07) is 19.7. The first kappa shape index (κ1) is 22.1. The van der Waals surface area contributed by atoms with Gasteiger partial charge in [-0.25, -0.2) is 18.7 Å². The second kappa shape index (κ2) is 9.56. The zero-order valence-electron chi connectivity index (χ0n) is 17.8. The predicted molar refractivity (Wildman–Crippen MR) is 122 cm³/mol. The highest BCUT2D eigenvalue weighted by Gasteiger charge is 2.16. The van der Waals surface area contributed by atoms with Crippen LogP contribution in [0.3, 0.4) is 0 Å². The molecule has 33 heavy (non-hydrogen) atoms. The first-order valence-corrected chi connectivity index (χ1v) is 10.3. The van der Waals surface area contributed by atoms with Crippen molar-refractivity contribution in [2.75, 3.05) is 5.32 Å². The van der Waals surface area contributed by atoms with Crippen LogP contribution < -0.4 is 5.32 Å². The van der Waals surface area contributed by atoms with E-state index in [2.05, 4.69) is 10.3 Å². The minimum absolute atomic E-state index is 0.136.